The third-order valence-electron chi connectivity index (χ3n) is 4.22. The maximum Gasteiger partial charge on any atom is 0.223 e. The highest BCUT2D eigenvalue weighted by molar-refractivity contribution is 7.99. The molecule has 104 valence electrons. The molecule has 4 atom stereocenters. The zero-order valence-corrected chi connectivity index (χ0v) is 12.2. The summed E-state index contributed by atoms with van der Waals surface area (Å²) in [7, 11) is 0. The molecule has 2 saturated carbocycles. The van der Waals surface area contributed by atoms with Crippen molar-refractivity contribution in [2.45, 2.75) is 69.2 Å². The van der Waals surface area contributed by atoms with Gasteiger partial charge in [0, 0.05) is 23.3 Å². The van der Waals surface area contributed by atoms with E-state index in [1.807, 2.05) is 11.8 Å². The molecule has 4 unspecified atom stereocenters. The molecule has 0 aromatic rings. The summed E-state index contributed by atoms with van der Waals surface area (Å²) in [5.74, 6) is 1.62. The summed E-state index contributed by atoms with van der Waals surface area (Å²) >= 11 is 2.04. The van der Waals surface area contributed by atoms with Crippen molar-refractivity contribution in [2.75, 3.05) is 5.75 Å². The Hall–Kier alpha value is -0.220. The first-order valence-corrected chi connectivity index (χ1v) is 8.41. The second kappa shape index (κ2) is 6.80. The third kappa shape index (κ3) is 3.89. The van der Waals surface area contributed by atoms with Crippen molar-refractivity contribution in [3.63, 3.8) is 0 Å². The van der Waals surface area contributed by atoms with Crippen molar-refractivity contribution < 1.29 is 4.79 Å². The Morgan fingerprint density at radius 3 is 2.78 bits per heavy atom. The molecule has 0 aliphatic heterocycles. The Morgan fingerprint density at radius 2 is 2.11 bits per heavy atom. The van der Waals surface area contributed by atoms with Crippen molar-refractivity contribution in [2.24, 2.45) is 11.7 Å². The van der Waals surface area contributed by atoms with Crippen molar-refractivity contribution in [3.8, 4) is 0 Å². The Bertz CT molecular complexity index is 283. The molecular formula is C14H26N2OS. The SMILES string of the molecule is CCSC1CCCC(NC(=O)C2CCC(N)C2)C1. The van der Waals surface area contributed by atoms with Gasteiger partial charge >= 0.3 is 0 Å². The van der Waals surface area contributed by atoms with Gasteiger partial charge in [-0.05, 0) is 44.3 Å². The molecule has 2 aliphatic carbocycles. The van der Waals surface area contributed by atoms with E-state index in [1.165, 1.54) is 18.6 Å². The van der Waals surface area contributed by atoms with E-state index in [1.54, 1.807) is 0 Å². The summed E-state index contributed by atoms with van der Waals surface area (Å²) in [4.78, 5) is 12.2. The van der Waals surface area contributed by atoms with Gasteiger partial charge in [-0.3, -0.25) is 4.79 Å². The molecule has 0 bridgehead atoms. The number of nitrogens with two attached hydrogens (primary N) is 1. The summed E-state index contributed by atoms with van der Waals surface area (Å²) in [5.41, 5.74) is 5.87. The molecule has 2 rings (SSSR count). The highest BCUT2D eigenvalue weighted by atomic mass is 32.2. The molecular weight excluding hydrogens is 244 g/mol. The van der Waals surface area contributed by atoms with Crippen LogP contribution in [0.1, 0.15) is 51.9 Å². The van der Waals surface area contributed by atoms with Crippen LogP contribution in [-0.2, 0) is 4.79 Å². The van der Waals surface area contributed by atoms with Crippen LogP contribution in [0.25, 0.3) is 0 Å². The topological polar surface area (TPSA) is 55.1 Å². The lowest BCUT2D eigenvalue weighted by Crippen LogP contribution is -2.41. The number of hydrogen-bond donors (Lipinski definition) is 2. The minimum atomic E-state index is 0.180. The standard InChI is InChI=1S/C14H26N2OS/c1-2-18-13-5-3-4-12(9-13)16-14(17)10-6-7-11(15)8-10/h10-13H,2-9,15H2,1H3,(H,16,17). The average Bonchev–Trinajstić information content (AvgIpc) is 2.77. The largest absolute Gasteiger partial charge is 0.353 e. The van der Waals surface area contributed by atoms with Crippen LogP contribution in [0.5, 0.6) is 0 Å². The zero-order valence-electron chi connectivity index (χ0n) is 11.4. The third-order valence-corrected chi connectivity index (χ3v) is 5.45. The minimum Gasteiger partial charge on any atom is -0.353 e. The van der Waals surface area contributed by atoms with E-state index >= 15 is 0 Å². The second-order valence-electron chi connectivity index (χ2n) is 5.72. The van der Waals surface area contributed by atoms with Crippen LogP contribution < -0.4 is 11.1 Å². The van der Waals surface area contributed by atoms with Gasteiger partial charge < -0.3 is 11.1 Å². The van der Waals surface area contributed by atoms with Crippen molar-refractivity contribution in [1.82, 2.24) is 5.32 Å². The first-order chi connectivity index (χ1) is 8.69. The molecule has 0 radical (unpaired) electrons. The maximum atomic E-state index is 12.2. The average molecular weight is 270 g/mol. The van der Waals surface area contributed by atoms with E-state index in [4.69, 9.17) is 5.73 Å². The summed E-state index contributed by atoms with van der Waals surface area (Å²) < 4.78 is 0. The Balaban J connectivity index is 1.76. The Kier molecular flexibility index (Phi) is 5.37. The van der Waals surface area contributed by atoms with Crippen LogP contribution in [0.15, 0.2) is 0 Å². The molecule has 2 fully saturated rings. The zero-order chi connectivity index (χ0) is 13.0. The van der Waals surface area contributed by atoms with Gasteiger partial charge in [0.25, 0.3) is 0 Å². The normalized spacial score (nSPS) is 36.6. The van der Waals surface area contributed by atoms with Crippen LogP contribution >= 0.6 is 11.8 Å². The van der Waals surface area contributed by atoms with Gasteiger partial charge in [0.1, 0.15) is 0 Å². The van der Waals surface area contributed by atoms with E-state index in [2.05, 4.69) is 12.2 Å². The summed E-state index contributed by atoms with van der Waals surface area (Å²) in [5, 5.41) is 4.01. The minimum absolute atomic E-state index is 0.180. The first-order valence-electron chi connectivity index (χ1n) is 7.36. The molecule has 18 heavy (non-hydrogen) atoms. The molecule has 3 nitrogen and oxygen atoms in total. The van der Waals surface area contributed by atoms with Gasteiger partial charge in [0.15, 0.2) is 0 Å². The fourth-order valence-corrected chi connectivity index (χ4v) is 4.41. The van der Waals surface area contributed by atoms with Gasteiger partial charge in [-0.15, -0.1) is 0 Å². The van der Waals surface area contributed by atoms with E-state index in [0.29, 0.717) is 6.04 Å². The lowest BCUT2D eigenvalue weighted by atomic mass is 9.94. The number of nitrogens with one attached hydrogen (secondary N) is 1. The molecule has 2 aliphatic rings. The van der Waals surface area contributed by atoms with Crippen molar-refractivity contribution >= 4 is 17.7 Å². The summed E-state index contributed by atoms with van der Waals surface area (Å²) in [6.07, 6.45) is 7.76. The van der Waals surface area contributed by atoms with Crippen molar-refractivity contribution in [3.05, 3.63) is 0 Å². The quantitative estimate of drug-likeness (QED) is 0.824. The number of thioether (sulfide) groups is 1. The lowest BCUT2D eigenvalue weighted by Gasteiger charge is -2.30. The maximum absolute atomic E-state index is 12.2. The van der Waals surface area contributed by atoms with Crippen LogP contribution in [0, 0.1) is 5.92 Å². The fraction of sp³-hybridized carbons (Fsp3) is 0.929. The van der Waals surface area contributed by atoms with Crippen LogP contribution in [0.2, 0.25) is 0 Å². The summed E-state index contributed by atoms with van der Waals surface area (Å²) in [6, 6.07) is 0.655. The monoisotopic (exact) mass is 270 g/mol. The molecule has 3 N–H and O–H groups in total. The molecule has 0 aromatic carbocycles. The smallest absolute Gasteiger partial charge is 0.223 e. The van der Waals surface area contributed by atoms with Gasteiger partial charge in [-0.1, -0.05) is 13.3 Å². The molecule has 0 saturated heterocycles. The van der Waals surface area contributed by atoms with Crippen molar-refractivity contribution in [1.29, 1.82) is 0 Å². The predicted octanol–water partition coefficient (Wildman–Crippen LogP) is 2.29. The van der Waals surface area contributed by atoms with Crippen LogP contribution in [0.4, 0.5) is 0 Å². The Labute approximate surface area is 115 Å². The van der Waals surface area contributed by atoms with Gasteiger partial charge in [-0.25, -0.2) is 0 Å². The molecule has 0 aromatic heterocycles. The van der Waals surface area contributed by atoms with E-state index < -0.39 is 0 Å². The highest BCUT2D eigenvalue weighted by Crippen LogP contribution is 2.29. The predicted molar refractivity (Wildman–Crippen MR) is 77.6 cm³/mol. The van der Waals surface area contributed by atoms with E-state index in [-0.39, 0.29) is 17.9 Å². The number of carbonyl (C=O) groups excluding carboxylic acids is 1. The van der Waals surface area contributed by atoms with Gasteiger partial charge in [-0.2, -0.15) is 11.8 Å². The first kappa shape index (κ1) is 14.2. The van der Waals surface area contributed by atoms with Gasteiger partial charge in [0.2, 0.25) is 5.91 Å². The lowest BCUT2D eigenvalue weighted by molar-refractivity contribution is -0.125. The number of hydrogen-bond acceptors (Lipinski definition) is 3. The van der Waals surface area contributed by atoms with Gasteiger partial charge in [0.05, 0.1) is 0 Å². The van der Waals surface area contributed by atoms with Crippen LogP contribution in [-0.4, -0.2) is 29.0 Å². The molecule has 1 amide bonds. The molecule has 0 heterocycles. The Morgan fingerprint density at radius 1 is 1.28 bits per heavy atom. The number of amides is 1. The van der Waals surface area contributed by atoms with E-state index in [0.717, 1.165) is 37.4 Å². The molecule has 4 heteroatoms. The number of carbonyl (C=O) groups is 1. The fourth-order valence-electron chi connectivity index (χ4n) is 3.24. The summed E-state index contributed by atoms with van der Waals surface area (Å²) in [6.45, 7) is 2.22. The van der Waals surface area contributed by atoms with E-state index in [9.17, 15) is 4.79 Å². The number of rotatable bonds is 4. The second-order valence-corrected chi connectivity index (χ2v) is 7.30. The highest BCUT2D eigenvalue weighted by Gasteiger charge is 2.30. The van der Waals surface area contributed by atoms with Crippen LogP contribution in [0.3, 0.4) is 0 Å². The molecule has 0 spiro atoms.